The zero-order chi connectivity index (χ0) is 13.3. The molecule has 18 heavy (non-hydrogen) atoms. The number of rotatable bonds is 3. The first-order valence-electron chi connectivity index (χ1n) is 5.49. The molecule has 0 radical (unpaired) electrons. The third-order valence-corrected chi connectivity index (χ3v) is 6.57. The fourth-order valence-electron chi connectivity index (χ4n) is 1.55. The SMILES string of the molecule is CC(C)S(=O)(=O)c1ccc(-c2cc(Br)cs2)cc1. The van der Waals surface area contributed by atoms with E-state index in [1.54, 1.807) is 37.3 Å². The van der Waals surface area contributed by atoms with Gasteiger partial charge in [0, 0.05) is 14.7 Å². The maximum atomic E-state index is 12.0. The van der Waals surface area contributed by atoms with Gasteiger partial charge in [-0.3, -0.25) is 0 Å². The highest BCUT2D eigenvalue weighted by Crippen LogP contribution is 2.30. The van der Waals surface area contributed by atoms with E-state index in [0.717, 1.165) is 14.9 Å². The van der Waals surface area contributed by atoms with Crippen LogP contribution in [0.1, 0.15) is 13.8 Å². The summed E-state index contributed by atoms with van der Waals surface area (Å²) in [5.74, 6) is 0. The van der Waals surface area contributed by atoms with E-state index >= 15 is 0 Å². The summed E-state index contributed by atoms with van der Waals surface area (Å²) in [6.45, 7) is 3.39. The minimum absolute atomic E-state index is 0.386. The number of hydrogen-bond acceptors (Lipinski definition) is 3. The Hall–Kier alpha value is -0.650. The number of sulfone groups is 1. The summed E-state index contributed by atoms with van der Waals surface area (Å²) in [6.07, 6.45) is 0. The van der Waals surface area contributed by atoms with E-state index in [9.17, 15) is 8.42 Å². The molecule has 0 saturated carbocycles. The van der Waals surface area contributed by atoms with Crippen molar-refractivity contribution in [3.63, 3.8) is 0 Å². The molecule has 2 nitrogen and oxygen atoms in total. The molecular formula is C13H13BrO2S2. The zero-order valence-corrected chi connectivity index (χ0v) is 13.3. The van der Waals surface area contributed by atoms with Crippen molar-refractivity contribution in [2.24, 2.45) is 0 Å². The van der Waals surface area contributed by atoms with Gasteiger partial charge in [-0.05, 0) is 53.5 Å². The van der Waals surface area contributed by atoms with Crippen molar-refractivity contribution in [3.05, 3.63) is 40.2 Å². The molecule has 1 aromatic carbocycles. The van der Waals surface area contributed by atoms with Crippen LogP contribution in [0.3, 0.4) is 0 Å². The highest BCUT2D eigenvalue weighted by Gasteiger charge is 2.18. The first-order chi connectivity index (χ1) is 8.41. The first-order valence-corrected chi connectivity index (χ1v) is 8.71. The number of benzene rings is 1. The number of halogens is 1. The lowest BCUT2D eigenvalue weighted by Gasteiger charge is -2.08. The van der Waals surface area contributed by atoms with E-state index in [0.29, 0.717) is 4.90 Å². The summed E-state index contributed by atoms with van der Waals surface area (Å²) in [6, 6.07) is 9.09. The van der Waals surface area contributed by atoms with E-state index in [1.807, 2.05) is 23.6 Å². The Bertz CT molecular complexity index is 640. The van der Waals surface area contributed by atoms with Crippen LogP contribution in [0, 0.1) is 0 Å². The van der Waals surface area contributed by atoms with Crippen LogP contribution in [0.2, 0.25) is 0 Å². The third-order valence-electron chi connectivity index (χ3n) is 2.66. The van der Waals surface area contributed by atoms with Gasteiger partial charge in [-0.15, -0.1) is 11.3 Å². The Morgan fingerprint density at radius 1 is 1.17 bits per heavy atom. The van der Waals surface area contributed by atoms with Crippen LogP contribution in [0.15, 0.2) is 45.1 Å². The van der Waals surface area contributed by atoms with E-state index in [4.69, 9.17) is 0 Å². The van der Waals surface area contributed by atoms with E-state index < -0.39 is 9.84 Å². The van der Waals surface area contributed by atoms with Crippen LogP contribution >= 0.6 is 27.3 Å². The normalized spacial score (nSPS) is 12.0. The average Bonchev–Trinajstić information content (AvgIpc) is 2.76. The molecule has 0 aliphatic heterocycles. The standard InChI is InChI=1S/C13H13BrO2S2/c1-9(2)18(15,16)12-5-3-10(4-6-12)13-7-11(14)8-17-13/h3-9H,1-2H3. The lowest BCUT2D eigenvalue weighted by molar-refractivity contribution is 0.587. The first kappa shape index (κ1) is 13.8. The second-order valence-electron chi connectivity index (χ2n) is 4.25. The van der Waals surface area contributed by atoms with E-state index in [2.05, 4.69) is 15.9 Å². The molecule has 2 rings (SSSR count). The zero-order valence-electron chi connectivity index (χ0n) is 10.1. The number of thiophene rings is 1. The molecule has 1 aromatic heterocycles. The predicted molar refractivity (Wildman–Crippen MR) is 79.8 cm³/mol. The van der Waals surface area contributed by atoms with Crippen LogP contribution in [0.4, 0.5) is 0 Å². The van der Waals surface area contributed by atoms with Crippen LogP contribution < -0.4 is 0 Å². The minimum atomic E-state index is -3.18. The Labute approximate surface area is 120 Å². The maximum absolute atomic E-state index is 12.0. The van der Waals surface area contributed by atoms with Crippen LogP contribution in [-0.4, -0.2) is 13.7 Å². The molecule has 0 atom stereocenters. The maximum Gasteiger partial charge on any atom is 0.180 e. The van der Waals surface area contributed by atoms with Gasteiger partial charge in [0.05, 0.1) is 10.1 Å². The van der Waals surface area contributed by atoms with Crippen LogP contribution in [0.25, 0.3) is 10.4 Å². The van der Waals surface area contributed by atoms with Crippen molar-refractivity contribution in [2.75, 3.05) is 0 Å². The predicted octanol–water partition coefficient (Wildman–Crippen LogP) is 4.36. The average molecular weight is 345 g/mol. The molecule has 0 aliphatic carbocycles. The Morgan fingerprint density at radius 3 is 2.22 bits per heavy atom. The molecule has 0 N–H and O–H groups in total. The summed E-state index contributed by atoms with van der Waals surface area (Å²) >= 11 is 5.04. The second-order valence-corrected chi connectivity index (χ2v) is 8.58. The van der Waals surface area contributed by atoms with Gasteiger partial charge in [0.1, 0.15) is 0 Å². The van der Waals surface area contributed by atoms with Crippen molar-refractivity contribution in [1.82, 2.24) is 0 Å². The molecule has 5 heteroatoms. The highest BCUT2D eigenvalue weighted by atomic mass is 79.9. The molecule has 0 unspecified atom stereocenters. The highest BCUT2D eigenvalue weighted by molar-refractivity contribution is 9.10. The fourth-order valence-corrected chi connectivity index (χ4v) is 4.04. The van der Waals surface area contributed by atoms with Crippen molar-refractivity contribution in [2.45, 2.75) is 24.0 Å². The van der Waals surface area contributed by atoms with Gasteiger partial charge < -0.3 is 0 Å². The third kappa shape index (κ3) is 2.68. The summed E-state index contributed by atoms with van der Waals surface area (Å²) < 4.78 is 25.0. The Balaban J connectivity index is 2.37. The Kier molecular flexibility index (Phi) is 3.94. The molecule has 2 aromatic rings. The lowest BCUT2D eigenvalue weighted by atomic mass is 10.2. The van der Waals surface area contributed by atoms with E-state index in [1.165, 1.54) is 0 Å². The summed E-state index contributed by atoms with van der Waals surface area (Å²) in [5, 5.41) is 1.62. The van der Waals surface area contributed by atoms with Crippen LogP contribution in [0.5, 0.6) is 0 Å². The molecular weight excluding hydrogens is 332 g/mol. The van der Waals surface area contributed by atoms with Crippen molar-refractivity contribution in [1.29, 1.82) is 0 Å². The molecule has 0 saturated heterocycles. The largest absolute Gasteiger partial charge is 0.223 e. The van der Waals surface area contributed by atoms with Crippen molar-refractivity contribution < 1.29 is 8.42 Å². The number of hydrogen-bond donors (Lipinski definition) is 0. The molecule has 0 amide bonds. The van der Waals surface area contributed by atoms with Gasteiger partial charge in [0.15, 0.2) is 9.84 Å². The molecule has 0 bridgehead atoms. The molecule has 96 valence electrons. The topological polar surface area (TPSA) is 34.1 Å². The monoisotopic (exact) mass is 344 g/mol. The van der Waals surface area contributed by atoms with E-state index in [-0.39, 0.29) is 5.25 Å². The summed E-state index contributed by atoms with van der Waals surface area (Å²) in [5.41, 5.74) is 1.04. The Morgan fingerprint density at radius 2 is 1.78 bits per heavy atom. The quantitative estimate of drug-likeness (QED) is 0.828. The lowest BCUT2D eigenvalue weighted by Crippen LogP contribution is -2.13. The smallest absolute Gasteiger partial charge is 0.180 e. The molecule has 0 aliphatic rings. The minimum Gasteiger partial charge on any atom is -0.223 e. The second kappa shape index (κ2) is 5.15. The van der Waals surface area contributed by atoms with Gasteiger partial charge in [-0.1, -0.05) is 12.1 Å². The van der Waals surface area contributed by atoms with Gasteiger partial charge >= 0.3 is 0 Å². The summed E-state index contributed by atoms with van der Waals surface area (Å²) in [4.78, 5) is 1.51. The van der Waals surface area contributed by atoms with Gasteiger partial charge in [-0.2, -0.15) is 0 Å². The van der Waals surface area contributed by atoms with Crippen molar-refractivity contribution >= 4 is 37.1 Å². The van der Waals surface area contributed by atoms with Crippen LogP contribution in [-0.2, 0) is 9.84 Å². The fraction of sp³-hybridized carbons (Fsp3) is 0.231. The van der Waals surface area contributed by atoms with Crippen molar-refractivity contribution in [3.8, 4) is 10.4 Å². The van der Waals surface area contributed by atoms with Gasteiger partial charge in [0.2, 0.25) is 0 Å². The van der Waals surface area contributed by atoms with Gasteiger partial charge in [-0.25, -0.2) is 8.42 Å². The molecule has 1 heterocycles. The van der Waals surface area contributed by atoms with Gasteiger partial charge in [0.25, 0.3) is 0 Å². The molecule has 0 spiro atoms. The summed E-state index contributed by atoms with van der Waals surface area (Å²) in [7, 11) is -3.18. The molecule has 0 fully saturated rings.